The first-order valence-electron chi connectivity index (χ1n) is 10.2. The number of alkyl halides is 3. The van der Waals surface area contributed by atoms with Gasteiger partial charge in [0.2, 0.25) is 0 Å². The predicted octanol–water partition coefficient (Wildman–Crippen LogP) is 3.93. The lowest BCUT2D eigenvalue weighted by molar-refractivity contribution is -0.138. The summed E-state index contributed by atoms with van der Waals surface area (Å²) in [5.41, 5.74) is 0.185. The van der Waals surface area contributed by atoms with Crippen molar-refractivity contribution >= 4 is 21.7 Å². The Kier molecular flexibility index (Phi) is 6.02. The molecular weight excluding hydrogens is 475 g/mol. The van der Waals surface area contributed by atoms with Crippen molar-refractivity contribution in [3.05, 3.63) is 60.3 Å². The first-order chi connectivity index (χ1) is 15.9. The molecule has 0 unspecified atom stereocenters. The molecule has 0 aliphatic carbocycles. The molecule has 1 aromatic heterocycles. The number of aromatic nitrogens is 2. The Morgan fingerprint density at radius 3 is 2.62 bits per heavy atom. The maximum absolute atomic E-state index is 13.5. The molecule has 1 N–H and O–H groups in total. The van der Waals surface area contributed by atoms with Crippen molar-refractivity contribution in [2.24, 2.45) is 7.05 Å². The second-order valence-electron chi connectivity index (χ2n) is 7.79. The van der Waals surface area contributed by atoms with E-state index in [9.17, 15) is 26.4 Å². The van der Waals surface area contributed by atoms with Crippen molar-refractivity contribution in [3.8, 4) is 17.0 Å². The van der Waals surface area contributed by atoms with Crippen molar-refractivity contribution < 1.29 is 36.2 Å². The van der Waals surface area contributed by atoms with E-state index in [1.165, 1.54) is 6.07 Å². The molecule has 34 heavy (non-hydrogen) atoms. The Labute approximate surface area is 193 Å². The Morgan fingerprint density at radius 1 is 1.21 bits per heavy atom. The molecule has 3 aromatic rings. The topological polar surface area (TPSA) is 102 Å². The molecule has 0 fully saturated rings. The van der Waals surface area contributed by atoms with Gasteiger partial charge < -0.3 is 9.84 Å². The van der Waals surface area contributed by atoms with Gasteiger partial charge in [0, 0.05) is 25.2 Å². The largest absolute Gasteiger partial charge is 0.486 e. The van der Waals surface area contributed by atoms with E-state index < -0.39 is 38.7 Å². The molecule has 8 nitrogen and oxygen atoms in total. The fourth-order valence-corrected chi connectivity index (χ4v) is 5.21. The normalized spacial score (nSPS) is 16.1. The average molecular weight is 495 g/mol. The average Bonchev–Trinajstić information content (AvgIpc) is 3.22. The zero-order valence-electron chi connectivity index (χ0n) is 17.9. The highest BCUT2D eigenvalue weighted by Crippen LogP contribution is 2.41. The second-order valence-corrected chi connectivity index (χ2v) is 9.65. The first kappa shape index (κ1) is 23.6. The van der Waals surface area contributed by atoms with Crippen LogP contribution in [0.3, 0.4) is 0 Å². The van der Waals surface area contributed by atoms with Crippen LogP contribution in [-0.4, -0.2) is 41.9 Å². The van der Waals surface area contributed by atoms with Gasteiger partial charge in [0.15, 0.2) is 0 Å². The molecule has 0 bridgehead atoms. The van der Waals surface area contributed by atoms with Gasteiger partial charge in [0.05, 0.1) is 28.4 Å². The minimum atomic E-state index is -4.72. The molecule has 0 radical (unpaired) electrons. The van der Waals surface area contributed by atoms with Crippen molar-refractivity contribution in [3.63, 3.8) is 0 Å². The van der Waals surface area contributed by atoms with Gasteiger partial charge in [-0.15, -0.1) is 0 Å². The van der Waals surface area contributed by atoms with Gasteiger partial charge in [0.1, 0.15) is 11.9 Å². The van der Waals surface area contributed by atoms with Crippen molar-refractivity contribution in [2.75, 3.05) is 10.8 Å². The Hall–Kier alpha value is -3.54. The van der Waals surface area contributed by atoms with Gasteiger partial charge in [-0.2, -0.15) is 18.3 Å². The highest BCUT2D eigenvalue weighted by atomic mass is 32.2. The predicted molar refractivity (Wildman–Crippen MR) is 116 cm³/mol. The van der Waals surface area contributed by atoms with Crippen molar-refractivity contribution in [1.82, 2.24) is 9.78 Å². The van der Waals surface area contributed by atoms with E-state index in [4.69, 9.17) is 9.84 Å². The molecule has 4 rings (SSSR count). The lowest BCUT2D eigenvalue weighted by Crippen LogP contribution is -2.43. The van der Waals surface area contributed by atoms with Crippen LogP contribution in [0.4, 0.5) is 18.9 Å². The molecule has 2 aromatic carbocycles. The number of carboxylic acid groups (broad SMARTS) is 1. The summed E-state index contributed by atoms with van der Waals surface area (Å²) in [7, 11) is -2.72. The minimum absolute atomic E-state index is 0.0192. The number of carboxylic acids is 1. The number of anilines is 1. The monoisotopic (exact) mass is 495 g/mol. The van der Waals surface area contributed by atoms with Crippen molar-refractivity contribution in [1.29, 1.82) is 0 Å². The summed E-state index contributed by atoms with van der Waals surface area (Å²) < 4.78 is 75.1. The Balaban J connectivity index is 1.80. The van der Waals surface area contributed by atoms with Crippen LogP contribution in [-0.2, 0) is 28.0 Å². The lowest BCUT2D eigenvalue weighted by atomic mass is 10.1. The van der Waals surface area contributed by atoms with Gasteiger partial charge >= 0.3 is 12.1 Å². The number of hydrogen-bond donors (Lipinski definition) is 1. The van der Waals surface area contributed by atoms with Gasteiger partial charge in [0.25, 0.3) is 10.0 Å². The van der Waals surface area contributed by atoms with Gasteiger partial charge in [-0.05, 0) is 48.9 Å². The maximum atomic E-state index is 13.5. The quantitative estimate of drug-likeness (QED) is 0.556. The molecule has 180 valence electrons. The van der Waals surface area contributed by atoms with E-state index in [0.717, 1.165) is 22.5 Å². The van der Waals surface area contributed by atoms with Gasteiger partial charge in [-0.3, -0.25) is 13.8 Å². The number of sulfonamides is 1. The number of carbonyl (C=O) groups is 1. The summed E-state index contributed by atoms with van der Waals surface area (Å²) in [6, 6.07) is 9.98. The highest BCUT2D eigenvalue weighted by molar-refractivity contribution is 7.92. The smallest absolute Gasteiger partial charge is 0.416 e. The van der Waals surface area contributed by atoms with Gasteiger partial charge in [-0.1, -0.05) is 6.07 Å². The second kappa shape index (κ2) is 8.67. The van der Waals surface area contributed by atoms with Crippen LogP contribution in [0.15, 0.2) is 59.6 Å². The molecule has 1 atom stereocenters. The standard InChI is InChI=1S/C22H20F3N3O5S/c1-27-10-9-18(26-27)14-5-7-20-19(11-14)28(13-16(33-20)6-8-21(29)30)34(31,32)17-4-2-3-15(12-17)22(23,24)25/h2-5,7,9-12,16H,6,8,13H2,1H3,(H,29,30)/t16-/m0/s1. The number of aryl methyl sites for hydroxylation is 1. The molecule has 0 amide bonds. The van der Waals surface area contributed by atoms with Crippen LogP contribution in [0.5, 0.6) is 5.75 Å². The van der Waals surface area contributed by atoms with E-state index in [1.807, 2.05) is 0 Å². The summed E-state index contributed by atoms with van der Waals surface area (Å²) in [6.07, 6.45) is -4.05. The number of fused-ring (bicyclic) bond motifs is 1. The number of aliphatic carboxylic acids is 1. The Morgan fingerprint density at radius 2 is 1.97 bits per heavy atom. The molecule has 1 aliphatic rings. The van der Waals surface area contributed by atoms with E-state index in [1.54, 1.807) is 36.1 Å². The summed E-state index contributed by atoms with van der Waals surface area (Å²) >= 11 is 0. The van der Waals surface area contributed by atoms with Gasteiger partial charge in [-0.25, -0.2) is 8.42 Å². The number of rotatable bonds is 6. The third-order valence-electron chi connectivity index (χ3n) is 5.33. The van der Waals surface area contributed by atoms with Crippen LogP contribution < -0.4 is 9.04 Å². The van der Waals surface area contributed by atoms with Crippen LogP contribution >= 0.6 is 0 Å². The van der Waals surface area contributed by atoms with Crippen LogP contribution in [0.25, 0.3) is 11.3 Å². The number of hydrogen-bond acceptors (Lipinski definition) is 5. The summed E-state index contributed by atoms with van der Waals surface area (Å²) in [6.45, 7) is -0.259. The highest BCUT2D eigenvalue weighted by Gasteiger charge is 2.37. The van der Waals surface area contributed by atoms with Crippen LogP contribution in [0, 0.1) is 0 Å². The maximum Gasteiger partial charge on any atom is 0.416 e. The number of halogens is 3. The van der Waals surface area contributed by atoms with E-state index in [0.29, 0.717) is 17.3 Å². The first-order valence-corrected chi connectivity index (χ1v) is 11.6. The third-order valence-corrected chi connectivity index (χ3v) is 7.11. The molecule has 2 heterocycles. The van der Waals surface area contributed by atoms with E-state index >= 15 is 0 Å². The number of nitrogens with zero attached hydrogens (tertiary/aromatic N) is 3. The molecular formula is C22H20F3N3O5S. The van der Waals surface area contributed by atoms with E-state index in [-0.39, 0.29) is 30.8 Å². The van der Waals surface area contributed by atoms with Crippen LogP contribution in [0.1, 0.15) is 18.4 Å². The van der Waals surface area contributed by atoms with Crippen LogP contribution in [0.2, 0.25) is 0 Å². The fraction of sp³-hybridized carbons (Fsp3) is 0.273. The van der Waals surface area contributed by atoms with E-state index in [2.05, 4.69) is 5.10 Å². The third kappa shape index (κ3) is 4.72. The molecule has 0 saturated carbocycles. The fourth-order valence-electron chi connectivity index (χ4n) is 3.66. The molecule has 0 spiro atoms. The zero-order chi connectivity index (χ0) is 24.7. The molecule has 0 saturated heterocycles. The molecule has 12 heteroatoms. The summed E-state index contributed by atoms with van der Waals surface area (Å²) in [4.78, 5) is 10.5. The summed E-state index contributed by atoms with van der Waals surface area (Å²) in [5, 5.41) is 13.3. The summed E-state index contributed by atoms with van der Waals surface area (Å²) in [5.74, 6) is -0.899. The SMILES string of the molecule is Cn1ccc(-c2ccc3c(c2)N(S(=O)(=O)c2cccc(C(F)(F)F)c2)C[C@H](CCC(=O)O)O3)n1. The zero-order valence-corrected chi connectivity index (χ0v) is 18.7. The minimum Gasteiger partial charge on any atom is -0.486 e. The molecule has 1 aliphatic heterocycles. The van der Waals surface area contributed by atoms with Crippen molar-refractivity contribution in [2.45, 2.75) is 30.0 Å². The number of benzene rings is 2. The number of ether oxygens (including phenoxy) is 1. The Bertz CT molecular complexity index is 1340. The lowest BCUT2D eigenvalue weighted by Gasteiger charge is -2.35.